The number of nitrogens with zero attached hydrogens (tertiary/aromatic N) is 2. The van der Waals surface area contributed by atoms with Gasteiger partial charge in [0.1, 0.15) is 0 Å². The first-order chi connectivity index (χ1) is 10.3. The summed E-state index contributed by atoms with van der Waals surface area (Å²) in [6, 6.07) is 6.72. The maximum absolute atomic E-state index is 12.7. The molecule has 1 aliphatic heterocycles. The molecule has 2 aromatic heterocycles. The van der Waals surface area contributed by atoms with Crippen molar-refractivity contribution in [2.45, 2.75) is 6.04 Å². The van der Waals surface area contributed by atoms with E-state index in [9.17, 15) is 9.59 Å². The molecule has 0 aliphatic carbocycles. The molecule has 2 N–H and O–H groups in total. The normalized spacial score (nSPS) is 18.5. The summed E-state index contributed by atoms with van der Waals surface area (Å²) >= 11 is 0. The molecule has 1 fully saturated rings. The lowest BCUT2D eigenvalue weighted by Crippen LogP contribution is -2.48. The zero-order valence-electron chi connectivity index (χ0n) is 11.5. The second-order valence-corrected chi connectivity index (χ2v) is 4.95. The lowest BCUT2D eigenvalue weighted by atomic mass is 10.0. The smallest absolute Gasteiger partial charge is 0.255 e. The predicted molar refractivity (Wildman–Crippen MR) is 77.9 cm³/mol. The van der Waals surface area contributed by atoms with Gasteiger partial charge in [-0.1, -0.05) is 6.07 Å². The third-order valence-corrected chi connectivity index (χ3v) is 3.60. The first-order valence-corrected chi connectivity index (χ1v) is 6.86. The molecule has 3 rings (SSSR count). The summed E-state index contributed by atoms with van der Waals surface area (Å²) in [4.78, 5) is 32.2. The zero-order valence-corrected chi connectivity index (χ0v) is 11.5. The highest BCUT2D eigenvalue weighted by molar-refractivity contribution is 5.94. The topological polar surface area (TPSA) is 78.1 Å². The van der Waals surface area contributed by atoms with Crippen LogP contribution in [0.3, 0.4) is 0 Å². The second-order valence-electron chi connectivity index (χ2n) is 4.95. The molecule has 0 radical (unpaired) electrons. The molecule has 1 unspecified atom stereocenters. The summed E-state index contributed by atoms with van der Waals surface area (Å²) in [5, 5.41) is 3.30. The Labute approximate surface area is 121 Å². The molecule has 2 aromatic rings. The molecule has 108 valence electrons. The van der Waals surface area contributed by atoms with Crippen molar-refractivity contribution in [1.29, 1.82) is 0 Å². The van der Waals surface area contributed by atoms with E-state index in [-0.39, 0.29) is 17.5 Å². The third kappa shape index (κ3) is 2.85. The van der Waals surface area contributed by atoms with Crippen LogP contribution in [0.25, 0.3) is 0 Å². The summed E-state index contributed by atoms with van der Waals surface area (Å²) in [7, 11) is 0. The lowest BCUT2D eigenvalue weighted by molar-refractivity contribution is 0.0633. The number of rotatable bonds is 2. The molecular formula is C15H16N4O2. The van der Waals surface area contributed by atoms with Crippen molar-refractivity contribution in [2.75, 3.05) is 19.6 Å². The summed E-state index contributed by atoms with van der Waals surface area (Å²) in [6.45, 7) is 2.07. The Morgan fingerprint density at radius 1 is 1.33 bits per heavy atom. The summed E-state index contributed by atoms with van der Waals surface area (Å²) < 4.78 is 0. The number of pyridine rings is 2. The number of aromatic nitrogens is 2. The number of piperazine rings is 1. The Morgan fingerprint density at radius 2 is 2.24 bits per heavy atom. The van der Waals surface area contributed by atoms with E-state index in [1.54, 1.807) is 18.5 Å². The number of carbonyl (C=O) groups excluding carboxylic acids is 1. The maximum atomic E-state index is 12.7. The van der Waals surface area contributed by atoms with Crippen LogP contribution in [-0.4, -0.2) is 40.4 Å². The van der Waals surface area contributed by atoms with Gasteiger partial charge < -0.3 is 15.2 Å². The Hall–Kier alpha value is -2.47. The molecular weight excluding hydrogens is 268 g/mol. The summed E-state index contributed by atoms with van der Waals surface area (Å²) in [5.74, 6) is -0.0818. The highest BCUT2D eigenvalue weighted by Crippen LogP contribution is 2.23. The van der Waals surface area contributed by atoms with E-state index in [2.05, 4.69) is 15.3 Å². The fourth-order valence-electron chi connectivity index (χ4n) is 2.53. The Kier molecular flexibility index (Phi) is 3.79. The van der Waals surface area contributed by atoms with E-state index in [0.29, 0.717) is 18.7 Å². The van der Waals surface area contributed by atoms with Gasteiger partial charge in [-0.3, -0.25) is 14.6 Å². The minimum Gasteiger partial charge on any atom is -0.329 e. The van der Waals surface area contributed by atoms with Gasteiger partial charge in [0.15, 0.2) is 0 Å². The minimum absolute atomic E-state index is 0.0492. The van der Waals surface area contributed by atoms with Crippen molar-refractivity contribution in [1.82, 2.24) is 20.2 Å². The molecule has 3 heterocycles. The van der Waals surface area contributed by atoms with E-state index in [1.165, 1.54) is 12.3 Å². The largest absolute Gasteiger partial charge is 0.329 e. The Bertz CT molecular complexity index is 663. The van der Waals surface area contributed by atoms with Crippen LogP contribution in [0.5, 0.6) is 0 Å². The van der Waals surface area contributed by atoms with Gasteiger partial charge in [0.05, 0.1) is 11.6 Å². The van der Waals surface area contributed by atoms with E-state index >= 15 is 0 Å². The van der Waals surface area contributed by atoms with E-state index in [1.807, 2.05) is 17.0 Å². The Balaban J connectivity index is 1.89. The summed E-state index contributed by atoms with van der Waals surface area (Å²) in [5.41, 5.74) is 1.28. The number of hydrogen-bond donors (Lipinski definition) is 2. The van der Waals surface area contributed by atoms with Gasteiger partial charge in [0.25, 0.3) is 5.91 Å². The number of nitrogens with one attached hydrogen (secondary N) is 2. The number of hydrogen-bond acceptors (Lipinski definition) is 4. The van der Waals surface area contributed by atoms with Crippen molar-refractivity contribution >= 4 is 5.91 Å². The van der Waals surface area contributed by atoms with Crippen LogP contribution in [0.2, 0.25) is 0 Å². The van der Waals surface area contributed by atoms with Crippen LogP contribution < -0.4 is 10.9 Å². The molecule has 6 nitrogen and oxygen atoms in total. The predicted octanol–water partition coefficient (Wildman–Crippen LogP) is 0.557. The van der Waals surface area contributed by atoms with Crippen molar-refractivity contribution < 1.29 is 4.79 Å². The van der Waals surface area contributed by atoms with Gasteiger partial charge in [0, 0.05) is 44.3 Å². The van der Waals surface area contributed by atoms with Crippen molar-refractivity contribution in [3.63, 3.8) is 0 Å². The third-order valence-electron chi connectivity index (χ3n) is 3.60. The van der Waals surface area contributed by atoms with Crippen LogP contribution in [0.1, 0.15) is 22.0 Å². The van der Waals surface area contributed by atoms with Gasteiger partial charge in [-0.2, -0.15) is 0 Å². The van der Waals surface area contributed by atoms with Gasteiger partial charge in [-0.15, -0.1) is 0 Å². The number of H-pyrrole nitrogens is 1. The SMILES string of the molecule is O=C(c1ccc(=O)[nH]c1)N1CCNCC1c1cccnc1. The van der Waals surface area contributed by atoms with Crippen LogP contribution in [0.4, 0.5) is 0 Å². The van der Waals surface area contributed by atoms with Crippen molar-refractivity contribution in [3.8, 4) is 0 Å². The molecule has 1 saturated heterocycles. The highest BCUT2D eigenvalue weighted by Gasteiger charge is 2.28. The maximum Gasteiger partial charge on any atom is 0.255 e. The average molecular weight is 284 g/mol. The molecule has 0 bridgehead atoms. The molecule has 6 heteroatoms. The first-order valence-electron chi connectivity index (χ1n) is 6.86. The highest BCUT2D eigenvalue weighted by atomic mass is 16.2. The van der Waals surface area contributed by atoms with E-state index in [0.717, 1.165) is 12.1 Å². The van der Waals surface area contributed by atoms with Gasteiger partial charge >= 0.3 is 0 Å². The average Bonchev–Trinajstić information content (AvgIpc) is 2.56. The van der Waals surface area contributed by atoms with Gasteiger partial charge in [-0.25, -0.2) is 0 Å². The molecule has 0 saturated carbocycles. The molecule has 1 aliphatic rings. The van der Waals surface area contributed by atoms with Crippen molar-refractivity contribution in [3.05, 3.63) is 64.3 Å². The van der Waals surface area contributed by atoms with Crippen molar-refractivity contribution in [2.24, 2.45) is 0 Å². The molecule has 1 amide bonds. The fraction of sp³-hybridized carbons (Fsp3) is 0.267. The van der Waals surface area contributed by atoms with Gasteiger partial charge in [0.2, 0.25) is 5.56 Å². The number of carbonyl (C=O) groups is 1. The second kappa shape index (κ2) is 5.88. The molecule has 0 spiro atoms. The van der Waals surface area contributed by atoms with E-state index in [4.69, 9.17) is 0 Å². The Morgan fingerprint density at radius 3 is 2.95 bits per heavy atom. The minimum atomic E-state index is -0.212. The first kappa shape index (κ1) is 13.5. The molecule has 21 heavy (non-hydrogen) atoms. The van der Waals surface area contributed by atoms with Crippen LogP contribution in [0, 0.1) is 0 Å². The quantitative estimate of drug-likeness (QED) is 0.844. The number of aromatic amines is 1. The monoisotopic (exact) mass is 284 g/mol. The van der Waals surface area contributed by atoms with Crippen LogP contribution in [-0.2, 0) is 0 Å². The van der Waals surface area contributed by atoms with Crippen LogP contribution >= 0.6 is 0 Å². The summed E-state index contributed by atoms with van der Waals surface area (Å²) in [6.07, 6.45) is 4.96. The van der Waals surface area contributed by atoms with E-state index < -0.39 is 0 Å². The zero-order chi connectivity index (χ0) is 14.7. The van der Waals surface area contributed by atoms with Gasteiger partial charge in [-0.05, 0) is 17.7 Å². The molecule has 0 aromatic carbocycles. The lowest BCUT2D eigenvalue weighted by Gasteiger charge is -2.36. The van der Waals surface area contributed by atoms with Crippen LogP contribution in [0.15, 0.2) is 47.7 Å². The standard InChI is InChI=1S/C15H16N4O2/c20-14-4-3-12(9-18-14)15(21)19-7-6-17-10-13(19)11-2-1-5-16-8-11/h1-5,8-9,13,17H,6-7,10H2,(H,18,20). The number of amides is 1. The fourth-order valence-corrected chi connectivity index (χ4v) is 2.53. The molecule has 1 atom stereocenters.